The number of rotatable bonds is 3. The minimum absolute atomic E-state index is 0.120. The molecule has 11 heteroatoms. The van der Waals surface area contributed by atoms with Crippen LogP contribution in [-0.4, -0.2) is 80.3 Å². The Hall–Kier alpha value is -3.83. The third kappa shape index (κ3) is 4.34. The Morgan fingerprint density at radius 3 is 2.35 bits per heavy atom. The van der Waals surface area contributed by atoms with Crippen molar-refractivity contribution in [3.8, 4) is 0 Å². The molecule has 0 saturated carbocycles. The van der Waals surface area contributed by atoms with Gasteiger partial charge in [0.15, 0.2) is 0 Å². The number of carbonyl (C=O) groups excluding carboxylic acids is 1. The van der Waals surface area contributed by atoms with Crippen molar-refractivity contribution in [2.45, 2.75) is 0 Å². The van der Waals surface area contributed by atoms with Gasteiger partial charge in [-0.1, -0.05) is 0 Å². The minimum Gasteiger partial charge on any atom is -0.378 e. The molecule has 9 nitrogen and oxygen atoms in total. The first kappa shape index (κ1) is 23.6. The number of benzene rings is 2. The van der Waals surface area contributed by atoms with Gasteiger partial charge >= 0.3 is 0 Å². The van der Waals surface area contributed by atoms with E-state index in [0.29, 0.717) is 67.5 Å². The fraction of sp³-hybridized carbons (Fsp3) is 0.346. The second-order valence-corrected chi connectivity index (χ2v) is 9.52. The molecule has 3 aliphatic rings. The first-order valence-corrected chi connectivity index (χ1v) is 12.2. The Bertz CT molecular complexity index is 1490. The van der Waals surface area contributed by atoms with Gasteiger partial charge in [0.2, 0.25) is 0 Å². The SMILES string of the molecule is CN1CCN(c2cc3nc(/C=C4\C(=O)Nc5cc(N6CCOCC6)c(F)cc54)[nH]c(=O)c3cc2F)CC1. The van der Waals surface area contributed by atoms with E-state index in [1.54, 1.807) is 12.1 Å². The predicted molar refractivity (Wildman–Crippen MR) is 138 cm³/mol. The van der Waals surface area contributed by atoms with E-state index >= 15 is 4.39 Å². The average molecular weight is 509 g/mol. The number of aromatic nitrogens is 2. The monoisotopic (exact) mass is 508 g/mol. The molecule has 6 rings (SSSR count). The van der Waals surface area contributed by atoms with Crippen LogP contribution in [0, 0.1) is 11.6 Å². The summed E-state index contributed by atoms with van der Waals surface area (Å²) in [6.45, 7) is 5.06. The van der Waals surface area contributed by atoms with Crippen LogP contribution in [0.2, 0.25) is 0 Å². The van der Waals surface area contributed by atoms with E-state index in [2.05, 4.69) is 20.2 Å². The number of hydrogen-bond donors (Lipinski definition) is 2. The Kier molecular flexibility index (Phi) is 5.88. The molecule has 192 valence electrons. The maximum atomic E-state index is 15.1. The van der Waals surface area contributed by atoms with Crippen LogP contribution >= 0.6 is 0 Å². The van der Waals surface area contributed by atoms with Crippen LogP contribution in [0.1, 0.15) is 11.4 Å². The molecule has 2 aromatic carbocycles. The summed E-state index contributed by atoms with van der Waals surface area (Å²) in [7, 11) is 2.02. The van der Waals surface area contributed by atoms with E-state index < -0.39 is 23.1 Å². The quantitative estimate of drug-likeness (QED) is 0.525. The summed E-state index contributed by atoms with van der Waals surface area (Å²) < 4.78 is 35.3. The number of nitrogens with zero attached hydrogens (tertiary/aromatic N) is 4. The van der Waals surface area contributed by atoms with E-state index in [9.17, 15) is 14.0 Å². The number of anilines is 3. The summed E-state index contributed by atoms with van der Waals surface area (Å²) >= 11 is 0. The van der Waals surface area contributed by atoms with Gasteiger partial charge in [-0.3, -0.25) is 9.59 Å². The highest BCUT2D eigenvalue weighted by Crippen LogP contribution is 2.37. The number of aromatic amines is 1. The van der Waals surface area contributed by atoms with Crippen molar-refractivity contribution < 1.29 is 18.3 Å². The second kappa shape index (κ2) is 9.24. The van der Waals surface area contributed by atoms with Crippen LogP contribution in [0.5, 0.6) is 0 Å². The molecule has 1 amide bonds. The molecule has 4 heterocycles. The molecule has 2 N–H and O–H groups in total. The first-order valence-electron chi connectivity index (χ1n) is 12.2. The summed E-state index contributed by atoms with van der Waals surface area (Å²) in [5.74, 6) is -1.22. The number of fused-ring (bicyclic) bond motifs is 2. The first-order chi connectivity index (χ1) is 17.9. The van der Waals surface area contributed by atoms with Crippen LogP contribution in [0.25, 0.3) is 22.6 Å². The summed E-state index contributed by atoms with van der Waals surface area (Å²) in [5.41, 5.74) is 1.65. The lowest BCUT2D eigenvalue weighted by molar-refractivity contribution is -0.110. The lowest BCUT2D eigenvalue weighted by Crippen LogP contribution is -2.44. The molecule has 2 saturated heterocycles. The van der Waals surface area contributed by atoms with Gasteiger partial charge in [-0.2, -0.15) is 0 Å². The highest BCUT2D eigenvalue weighted by Gasteiger charge is 2.28. The largest absolute Gasteiger partial charge is 0.378 e. The fourth-order valence-corrected chi connectivity index (χ4v) is 5.05. The van der Waals surface area contributed by atoms with Gasteiger partial charge in [0.1, 0.15) is 17.5 Å². The Morgan fingerprint density at radius 2 is 1.59 bits per heavy atom. The zero-order chi connectivity index (χ0) is 25.7. The Balaban J connectivity index is 1.37. The summed E-state index contributed by atoms with van der Waals surface area (Å²) in [6.07, 6.45) is 1.43. The van der Waals surface area contributed by atoms with Gasteiger partial charge in [0.05, 0.1) is 46.8 Å². The third-order valence-corrected chi connectivity index (χ3v) is 7.14. The van der Waals surface area contributed by atoms with E-state index in [0.717, 1.165) is 13.1 Å². The van der Waals surface area contributed by atoms with Crippen LogP contribution in [0.3, 0.4) is 0 Å². The number of carbonyl (C=O) groups is 1. The summed E-state index contributed by atoms with van der Waals surface area (Å²) in [4.78, 5) is 38.7. The van der Waals surface area contributed by atoms with Crippen LogP contribution in [0.15, 0.2) is 29.1 Å². The van der Waals surface area contributed by atoms with Gasteiger partial charge in [0.25, 0.3) is 11.5 Å². The van der Waals surface area contributed by atoms with Gasteiger partial charge in [-0.05, 0) is 37.4 Å². The standard InChI is InChI=1S/C26H26F2N6O3/c1-32-2-4-33(5-3-32)22-14-21-17(11-19(22)28)26(36)31-24(29-21)12-16-15-10-18(27)23(13-20(15)30-25(16)35)34-6-8-37-9-7-34/h10-14H,2-9H2,1H3,(H,30,35)(H,29,31,36)/b16-12-. The minimum atomic E-state index is -0.520. The molecule has 0 unspecified atom stereocenters. The lowest BCUT2D eigenvalue weighted by Gasteiger charge is -2.34. The number of ether oxygens (including phenoxy) is 1. The molecule has 37 heavy (non-hydrogen) atoms. The van der Waals surface area contributed by atoms with Gasteiger partial charge in [0, 0.05) is 44.8 Å². The van der Waals surface area contributed by atoms with Gasteiger partial charge in [-0.15, -0.1) is 0 Å². The second-order valence-electron chi connectivity index (χ2n) is 9.52. The molecule has 0 radical (unpaired) electrons. The number of halogens is 2. The number of morpholine rings is 1. The molecule has 0 spiro atoms. The molecular weight excluding hydrogens is 482 g/mol. The average Bonchev–Trinajstić information content (AvgIpc) is 3.18. The Morgan fingerprint density at radius 1 is 0.919 bits per heavy atom. The van der Waals surface area contributed by atoms with Gasteiger partial charge < -0.3 is 29.7 Å². The smallest absolute Gasteiger partial charge is 0.259 e. The maximum Gasteiger partial charge on any atom is 0.259 e. The van der Waals surface area contributed by atoms with Crippen molar-refractivity contribution in [2.75, 3.05) is 74.6 Å². The number of amides is 1. The molecule has 2 fully saturated rings. The number of hydrogen-bond acceptors (Lipinski definition) is 7. The van der Waals surface area contributed by atoms with E-state index in [1.807, 2.05) is 16.8 Å². The lowest BCUT2D eigenvalue weighted by atomic mass is 10.0. The number of H-pyrrole nitrogens is 1. The topological polar surface area (TPSA) is 93.8 Å². The number of likely N-dealkylation sites (N-methyl/N-ethyl adjacent to an activating group) is 1. The molecule has 0 aliphatic carbocycles. The molecule has 1 aromatic heterocycles. The highest BCUT2D eigenvalue weighted by atomic mass is 19.1. The molecule has 0 atom stereocenters. The number of nitrogens with one attached hydrogen (secondary N) is 2. The van der Waals surface area contributed by atoms with Crippen molar-refractivity contribution in [1.29, 1.82) is 0 Å². The van der Waals surface area contributed by atoms with Crippen molar-refractivity contribution in [3.05, 3.63) is 57.6 Å². The summed E-state index contributed by atoms with van der Waals surface area (Å²) in [5, 5.41) is 2.90. The fourth-order valence-electron chi connectivity index (χ4n) is 5.05. The molecule has 3 aromatic rings. The predicted octanol–water partition coefficient (Wildman–Crippen LogP) is 2.28. The van der Waals surface area contributed by atoms with E-state index in [-0.39, 0.29) is 16.8 Å². The highest BCUT2D eigenvalue weighted by molar-refractivity contribution is 6.35. The van der Waals surface area contributed by atoms with Gasteiger partial charge in [-0.25, -0.2) is 13.8 Å². The van der Waals surface area contributed by atoms with Crippen LogP contribution < -0.4 is 20.7 Å². The van der Waals surface area contributed by atoms with Crippen molar-refractivity contribution in [3.63, 3.8) is 0 Å². The number of piperazine rings is 1. The summed E-state index contributed by atoms with van der Waals surface area (Å²) in [6, 6.07) is 5.72. The van der Waals surface area contributed by atoms with E-state index in [1.165, 1.54) is 18.2 Å². The molecule has 3 aliphatic heterocycles. The van der Waals surface area contributed by atoms with E-state index in [4.69, 9.17) is 4.74 Å². The third-order valence-electron chi connectivity index (χ3n) is 7.14. The van der Waals surface area contributed by atoms with Crippen molar-refractivity contribution in [1.82, 2.24) is 14.9 Å². The molecule has 0 bridgehead atoms. The van der Waals surface area contributed by atoms with Crippen LogP contribution in [-0.2, 0) is 9.53 Å². The maximum absolute atomic E-state index is 15.1. The van der Waals surface area contributed by atoms with Crippen molar-refractivity contribution >= 4 is 45.5 Å². The van der Waals surface area contributed by atoms with Crippen LogP contribution in [0.4, 0.5) is 25.8 Å². The normalized spacial score (nSPS) is 19.5. The van der Waals surface area contributed by atoms with Crippen molar-refractivity contribution in [2.24, 2.45) is 0 Å². The zero-order valence-electron chi connectivity index (χ0n) is 20.3. The zero-order valence-corrected chi connectivity index (χ0v) is 20.3. The Labute approximate surface area is 211 Å². The molecular formula is C26H26F2N6O3.